The van der Waals surface area contributed by atoms with E-state index in [0.29, 0.717) is 18.8 Å². The molecule has 11 aromatic carbocycles. The summed E-state index contributed by atoms with van der Waals surface area (Å²) >= 11 is 0. The van der Waals surface area contributed by atoms with Crippen LogP contribution < -0.4 is 16.8 Å². The second-order valence-corrected chi connectivity index (χ2v) is 19.9. The van der Waals surface area contributed by atoms with Crippen LogP contribution in [0, 0.1) is 0 Å². The summed E-state index contributed by atoms with van der Waals surface area (Å²) in [4.78, 5) is 5.14. The standard InChI is InChI=1S/C45H39N3.C32H27N.C2H6/c1-3-5-11-34-21-17-32(29-38(34)12-6-4-2)20-28-44(43-30-39-13-7-8-14-40(39)41-15-9-10-16-42(41)43)48-45(47)37-26-24-36(25-27-37)35-22-18-33(31-46)19-23-35;1-3-4-11-26-20-23-12-5-6-13-24(23)22-31(26)32(33-2)19-18-27-21-25-14-7-8-15-28(25)30-17-10-9-16-29(27)30;1-2/h3-19,21-30H,1-2,20,31,46H2,(H2,47,48);3-17,19-22,33H,1,18H2,2H3;1-2H3/b11-5-,12-6-,44-28-;11-4-,32-19-;. The lowest BCUT2D eigenvalue weighted by Crippen LogP contribution is -2.13. The molecular weight excluding hydrogens is 1000 g/mol. The van der Waals surface area contributed by atoms with Crippen molar-refractivity contribution in [1.82, 2.24) is 5.32 Å². The molecule has 0 saturated heterocycles. The van der Waals surface area contributed by atoms with Crippen LogP contribution in [0.4, 0.5) is 0 Å². The van der Waals surface area contributed by atoms with Gasteiger partial charge in [-0.1, -0.05) is 295 Å². The number of hydrogen-bond donors (Lipinski definition) is 3. The summed E-state index contributed by atoms with van der Waals surface area (Å²) in [7, 11) is 2.00. The SMILES string of the molecule is C=C/C=C\c1cc2ccccc2cc1/C(=C/Cc1cc2ccccc2c2ccccc12)NC.C=C/C=C\c1ccc(C/C=C(\N=C(N)c2ccc(-c3ccc(CN)cc3)cc2)c2cc3ccccc3c3ccccc23)cc1/C=C\C=C.CC. The zero-order valence-electron chi connectivity index (χ0n) is 47.9. The molecular formula is C79H72N4. The number of amidine groups is 1. The molecule has 0 bridgehead atoms. The predicted octanol–water partition coefficient (Wildman–Crippen LogP) is 19.7. The third kappa shape index (κ3) is 13.7. The van der Waals surface area contributed by atoms with Crippen molar-refractivity contribution in [2.75, 3.05) is 7.05 Å². The zero-order valence-corrected chi connectivity index (χ0v) is 47.9. The van der Waals surface area contributed by atoms with Crippen molar-refractivity contribution in [2.45, 2.75) is 33.2 Å². The molecule has 408 valence electrons. The Morgan fingerprint density at radius 3 is 1.53 bits per heavy atom. The maximum absolute atomic E-state index is 6.79. The molecule has 0 saturated carbocycles. The van der Waals surface area contributed by atoms with Gasteiger partial charge >= 0.3 is 0 Å². The Labute approximate surface area is 490 Å². The Hall–Kier alpha value is -10.1. The average Bonchev–Trinajstić information content (AvgIpc) is 3.70. The Morgan fingerprint density at radius 2 is 0.928 bits per heavy atom. The summed E-state index contributed by atoms with van der Waals surface area (Å²) in [6, 6.07) is 75.1. The summed E-state index contributed by atoms with van der Waals surface area (Å²) in [5, 5.41) is 15.8. The number of aliphatic imine (C=N–C) groups is 1. The van der Waals surface area contributed by atoms with E-state index in [1.54, 1.807) is 12.2 Å². The predicted molar refractivity (Wildman–Crippen MR) is 365 cm³/mol. The van der Waals surface area contributed by atoms with Gasteiger partial charge in [0.15, 0.2) is 0 Å². The molecule has 0 spiro atoms. The third-order valence-electron chi connectivity index (χ3n) is 14.8. The van der Waals surface area contributed by atoms with E-state index in [9.17, 15) is 0 Å². The molecule has 0 aliphatic rings. The minimum Gasteiger partial charge on any atom is -0.388 e. The van der Waals surface area contributed by atoms with Crippen LogP contribution in [0.2, 0.25) is 0 Å². The number of rotatable bonds is 17. The van der Waals surface area contributed by atoms with Gasteiger partial charge < -0.3 is 16.8 Å². The molecule has 0 amide bonds. The maximum Gasteiger partial charge on any atom is 0.131 e. The highest BCUT2D eigenvalue weighted by Gasteiger charge is 2.14. The molecule has 4 heteroatoms. The van der Waals surface area contributed by atoms with E-state index in [1.165, 1.54) is 59.8 Å². The fourth-order valence-corrected chi connectivity index (χ4v) is 10.6. The van der Waals surface area contributed by atoms with Crippen LogP contribution in [-0.4, -0.2) is 12.9 Å². The van der Waals surface area contributed by atoms with Gasteiger partial charge in [-0.3, -0.25) is 0 Å². The maximum atomic E-state index is 6.79. The Morgan fingerprint density at radius 1 is 0.446 bits per heavy atom. The van der Waals surface area contributed by atoms with Crippen LogP contribution in [-0.2, 0) is 19.4 Å². The van der Waals surface area contributed by atoms with Gasteiger partial charge in [0.2, 0.25) is 0 Å². The van der Waals surface area contributed by atoms with Gasteiger partial charge in [0.1, 0.15) is 5.84 Å². The molecule has 4 nitrogen and oxygen atoms in total. The molecule has 0 aromatic heterocycles. The van der Waals surface area contributed by atoms with Gasteiger partial charge in [0.25, 0.3) is 0 Å². The van der Waals surface area contributed by atoms with Crippen molar-refractivity contribution in [3.05, 3.63) is 331 Å². The number of hydrogen-bond acceptors (Lipinski definition) is 3. The second-order valence-electron chi connectivity index (χ2n) is 19.9. The zero-order chi connectivity index (χ0) is 57.9. The van der Waals surface area contributed by atoms with Gasteiger partial charge in [0, 0.05) is 36.0 Å². The van der Waals surface area contributed by atoms with Crippen LogP contribution in [0.15, 0.2) is 286 Å². The lowest BCUT2D eigenvalue weighted by molar-refractivity contribution is 1.07. The molecule has 0 aliphatic heterocycles. The third-order valence-corrected chi connectivity index (χ3v) is 14.8. The van der Waals surface area contributed by atoms with Crippen molar-refractivity contribution < 1.29 is 0 Å². The summed E-state index contributed by atoms with van der Waals surface area (Å²) in [5.74, 6) is 0.461. The lowest BCUT2D eigenvalue weighted by Gasteiger charge is -2.14. The summed E-state index contributed by atoms with van der Waals surface area (Å²) in [6.07, 6.45) is 23.6. The molecule has 0 unspecified atom stereocenters. The first kappa shape index (κ1) is 57.6. The quantitative estimate of drug-likeness (QED) is 0.0368. The molecule has 0 radical (unpaired) electrons. The van der Waals surface area contributed by atoms with Crippen LogP contribution >= 0.6 is 0 Å². The van der Waals surface area contributed by atoms with Crippen LogP contribution in [0.5, 0.6) is 0 Å². The molecule has 83 heavy (non-hydrogen) atoms. The highest BCUT2D eigenvalue weighted by molar-refractivity contribution is 6.13. The molecule has 11 aromatic rings. The largest absolute Gasteiger partial charge is 0.388 e. The average molecular weight is 1080 g/mol. The fraction of sp³-hybridized carbons (Fsp3) is 0.0759. The van der Waals surface area contributed by atoms with Crippen molar-refractivity contribution in [3.8, 4) is 11.1 Å². The first-order valence-electron chi connectivity index (χ1n) is 28.5. The smallest absolute Gasteiger partial charge is 0.131 e. The van der Waals surface area contributed by atoms with Gasteiger partial charge in [0.05, 0.1) is 5.70 Å². The molecule has 0 atom stereocenters. The second kappa shape index (κ2) is 28.3. The van der Waals surface area contributed by atoms with E-state index in [4.69, 9.17) is 16.5 Å². The fourth-order valence-electron chi connectivity index (χ4n) is 10.6. The first-order valence-corrected chi connectivity index (χ1v) is 28.5. The van der Waals surface area contributed by atoms with Gasteiger partial charge in [-0.05, 0) is 129 Å². The molecule has 0 heterocycles. The van der Waals surface area contributed by atoms with Crippen LogP contribution in [0.1, 0.15) is 63.9 Å². The monoisotopic (exact) mass is 1080 g/mol. The topological polar surface area (TPSA) is 76.4 Å². The minimum absolute atomic E-state index is 0.461. The van der Waals surface area contributed by atoms with Crippen LogP contribution in [0.25, 0.3) is 94.6 Å². The first-order chi connectivity index (χ1) is 40.9. The molecule has 0 fully saturated rings. The lowest BCUT2D eigenvalue weighted by atomic mass is 9.94. The van der Waals surface area contributed by atoms with Crippen molar-refractivity contribution in [1.29, 1.82) is 0 Å². The number of nitrogens with one attached hydrogen (secondary N) is 1. The number of allylic oxidation sites excluding steroid dienone is 8. The normalized spacial score (nSPS) is 12.0. The Balaban J connectivity index is 0.000000206. The highest BCUT2D eigenvalue weighted by atomic mass is 14.9. The van der Waals surface area contributed by atoms with Crippen molar-refractivity contribution in [2.24, 2.45) is 16.5 Å². The number of fused-ring (bicyclic) bond motifs is 7. The minimum atomic E-state index is 0.461. The van der Waals surface area contributed by atoms with Gasteiger partial charge in [-0.25, -0.2) is 4.99 Å². The summed E-state index contributed by atoms with van der Waals surface area (Å²) in [5.41, 5.74) is 26.9. The van der Waals surface area contributed by atoms with E-state index in [2.05, 4.69) is 256 Å². The summed E-state index contributed by atoms with van der Waals surface area (Å²) in [6.45, 7) is 16.0. The van der Waals surface area contributed by atoms with Crippen LogP contribution in [0.3, 0.4) is 0 Å². The number of nitrogens with zero attached hydrogens (tertiary/aromatic N) is 1. The number of nitrogens with two attached hydrogens (primary N) is 2. The van der Waals surface area contributed by atoms with Gasteiger partial charge in [-0.2, -0.15) is 0 Å². The van der Waals surface area contributed by atoms with E-state index < -0.39 is 0 Å². The highest BCUT2D eigenvalue weighted by Crippen LogP contribution is 2.35. The molecule has 5 N–H and O–H groups in total. The van der Waals surface area contributed by atoms with E-state index >= 15 is 0 Å². The Kier molecular flexibility index (Phi) is 19.6. The van der Waals surface area contributed by atoms with E-state index in [-0.39, 0.29) is 0 Å². The van der Waals surface area contributed by atoms with E-state index in [1.807, 2.05) is 57.3 Å². The molecule has 11 rings (SSSR count). The molecule has 0 aliphatic carbocycles. The Bertz CT molecular complexity index is 4300. The number of benzene rings is 11. The van der Waals surface area contributed by atoms with Crippen molar-refractivity contribution in [3.63, 3.8) is 0 Å². The summed E-state index contributed by atoms with van der Waals surface area (Å²) < 4.78 is 0. The van der Waals surface area contributed by atoms with Crippen molar-refractivity contribution >= 4 is 89.3 Å². The van der Waals surface area contributed by atoms with E-state index in [0.717, 1.165) is 73.1 Å². The van der Waals surface area contributed by atoms with Gasteiger partial charge in [-0.15, -0.1) is 0 Å².